The first-order chi connectivity index (χ1) is 10.4. The molecule has 2 aromatic rings. The minimum absolute atomic E-state index is 0.237. The molecule has 1 aliphatic rings. The lowest BCUT2D eigenvalue weighted by atomic mass is 9.76. The maximum Gasteiger partial charge on any atom is 0.263 e. The molecule has 0 spiro atoms. The second-order valence-electron chi connectivity index (χ2n) is 6.01. The van der Waals surface area contributed by atoms with E-state index in [4.69, 9.17) is 17.3 Å². The standard InChI is InChI=1S/C15H18ClN3O3/c1-8(17)13-18-11-4-2-3-10(16)12(11)14(21)19(13)9-5-15(22,6-9)7-20/h2-4,8-9,20,22H,5-7,17H2,1H3. The van der Waals surface area contributed by atoms with Gasteiger partial charge >= 0.3 is 0 Å². The van der Waals surface area contributed by atoms with E-state index in [0.717, 1.165) is 0 Å². The fourth-order valence-corrected chi connectivity index (χ4v) is 3.27. The molecule has 1 unspecified atom stereocenters. The van der Waals surface area contributed by atoms with Crippen LogP contribution in [0, 0.1) is 0 Å². The lowest BCUT2D eigenvalue weighted by molar-refractivity contribution is -0.103. The number of fused-ring (bicyclic) bond motifs is 1. The van der Waals surface area contributed by atoms with Gasteiger partial charge in [-0.1, -0.05) is 17.7 Å². The molecule has 0 radical (unpaired) electrons. The van der Waals surface area contributed by atoms with Crippen molar-refractivity contribution in [3.63, 3.8) is 0 Å². The van der Waals surface area contributed by atoms with Crippen molar-refractivity contribution in [2.45, 2.75) is 37.5 Å². The molecule has 0 bridgehead atoms. The molecule has 1 aromatic heterocycles. The molecule has 6 nitrogen and oxygen atoms in total. The van der Waals surface area contributed by atoms with E-state index in [1.165, 1.54) is 4.57 Å². The van der Waals surface area contributed by atoms with Gasteiger partial charge in [0.05, 0.1) is 34.2 Å². The fourth-order valence-electron chi connectivity index (χ4n) is 3.02. The molecule has 1 saturated carbocycles. The number of hydrogen-bond acceptors (Lipinski definition) is 5. The maximum absolute atomic E-state index is 12.8. The minimum Gasteiger partial charge on any atom is -0.393 e. The Morgan fingerprint density at radius 2 is 2.23 bits per heavy atom. The highest BCUT2D eigenvalue weighted by atomic mass is 35.5. The number of aliphatic hydroxyl groups is 2. The van der Waals surface area contributed by atoms with Gasteiger partial charge in [0.25, 0.3) is 5.56 Å². The molecule has 4 N–H and O–H groups in total. The fraction of sp³-hybridized carbons (Fsp3) is 0.467. The molecular weight excluding hydrogens is 306 g/mol. The number of rotatable bonds is 3. The number of benzene rings is 1. The van der Waals surface area contributed by atoms with Gasteiger partial charge in [0.1, 0.15) is 5.82 Å². The van der Waals surface area contributed by atoms with E-state index in [2.05, 4.69) is 4.98 Å². The number of aromatic nitrogens is 2. The van der Waals surface area contributed by atoms with E-state index < -0.39 is 11.6 Å². The third-order valence-electron chi connectivity index (χ3n) is 4.20. The summed E-state index contributed by atoms with van der Waals surface area (Å²) < 4.78 is 1.52. The van der Waals surface area contributed by atoms with Gasteiger partial charge in [-0.05, 0) is 31.9 Å². The van der Waals surface area contributed by atoms with Gasteiger partial charge in [0.2, 0.25) is 0 Å². The van der Waals surface area contributed by atoms with Gasteiger partial charge in [0, 0.05) is 6.04 Å². The summed E-state index contributed by atoms with van der Waals surface area (Å²) in [6.45, 7) is 1.43. The summed E-state index contributed by atoms with van der Waals surface area (Å²) in [5.41, 5.74) is 5.09. The molecule has 22 heavy (non-hydrogen) atoms. The third-order valence-corrected chi connectivity index (χ3v) is 4.52. The molecule has 0 saturated heterocycles. The quantitative estimate of drug-likeness (QED) is 0.786. The predicted molar refractivity (Wildman–Crippen MR) is 83.9 cm³/mol. The summed E-state index contributed by atoms with van der Waals surface area (Å²) in [6, 6.07) is 4.44. The van der Waals surface area contributed by atoms with Crippen LogP contribution in [0.5, 0.6) is 0 Å². The van der Waals surface area contributed by atoms with Crippen molar-refractivity contribution in [1.29, 1.82) is 0 Å². The van der Waals surface area contributed by atoms with Crippen molar-refractivity contribution in [2.75, 3.05) is 6.61 Å². The number of halogens is 1. The van der Waals surface area contributed by atoms with E-state index >= 15 is 0 Å². The monoisotopic (exact) mass is 323 g/mol. The third kappa shape index (κ3) is 2.32. The average Bonchev–Trinajstić information content (AvgIpc) is 2.44. The summed E-state index contributed by atoms with van der Waals surface area (Å²) in [5.74, 6) is 0.463. The van der Waals surface area contributed by atoms with Crippen molar-refractivity contribution < 1.29 is 10.2 Å². The molecular formula is C15H18ClN3O3. The van der Waals surface area contributed by atoms with Gasteiger partial charge in [-0.15, -0.1) is 0 Å². The van der Waals surface area contributed by atoms with Gasteiger partial charge < -0.3 is 15.9 Å². The van der Waals surface area contributed by atoms with Gasteiger partial charge in [-0.3, -0.25) is 9.36 Å². The highest BCUT2D eigenvalue weighted by molar-refractivity contribution is 6.35. The summed E-state index contributed by atoms with van der Waals surface area (Å²) in [5, 5.41) is 19.9. The number of hydrogen-bond donors (Lipinski definition) is 3. The van der Waals surface area contributed by atoms with Gasteiger partial charge in [-0.2, -0.15) is 0 Å². The Bertz CT molecular complexity index is 781. The van der Waals surface area contributed by atoms with Crippen LogP contribution in [0.4, 0.5) is 0 Å². The van der Waals surface area contributed by atoms with Crippen molar-refractivity contribution in [3.05, 3.63) is 39.4 Å². The Kier molecular flexibility index (Phi) is 3.72. The average molecular weight is 324 g/mol. The largest absolute Gasteiger partial charge is 0.393 e. The first-order valence-electron chi connectivity index (χ1n) is 7.16. The van der Waals surface area contributed by atoms with Crippen LogP contribution in [0.3, 0.4) is 0 Å². The molecule has 1 aromatic carbocycles. The second kappa shape index (κ2) is 5.31. The van der Waals surface area contributed by atoms with E-state index in [9.17, 15) is 15.0 Å². The highest BCUT2D eigenvalue weighted by Crippen LogP contribution is 2.41. The van der Waals surface area contributed by atoms with Crippen LogP contribution >= 0.6 is 11.6 Å². The molecule has 0 amide bonds. The van der Waals surface area contributed by atoms with Crippen LogP contribution in [-0.4, -0.2) is 32.0 Å². The Morgan fingerprint density at radius 1 is 1.55 bits per heavy atom. The first-order valence-corrected chi connectivity index (χ1v) is 7.53. The van der Waals surface area contributed by atoms with Crippen LogP contribution < -0.4 is 11.3 Å². The van der Waals surface area contributed by atoms with Crippen LogP contribution in [-0.2, 0) is 0 Å². The molecule has 1 fully saturated rings. The van der Waals surface area contributed by atoms with Crippen LogP contribution in [0.25, 0.3) is 10.9 Å². The molecule has 0 aliphatic heterocycles. The van der Waals surface area contributed by atoms with Crippen LogP contribution in [0.15, 0.2) is 23.0 Å². The summed E-state index contributed by atoms with van der Waals surface area (Å²) in [4.78, 5) is 17.3. The van der Waals surface area contributed by atoms with Crippen LogP contribution in [0.1, 0.15) is 37.7 Å². The second-order valence-corrected chi connectivity index (χ2v) is 6.42. The summed E-state index contributed by atoms with van der Waals surface area (Å²) >= 11 is 6.14. The molecule has 1 aliphatic carbocycles. The van der Waals surface area contributed by atoms with Crippen molar-refractivity contribution in [2.24, 2.45) is 5.73 Å². The normalized spacial score (nSPS) is 26.0. The van der Waals surface area contributed by atoms with Gasteiger partial charge in [0.15, 0.2) is 0 Å². The molecule has 7 heteroatoms. The smallest absolute Gasteiger partial charge is 0.263 e. The number of nitrogens with zero attached hydrogens (tertiary/aromatic N) is 2. The predicted octanol–water partition coefficient (Wildman–Crippen LogP) is 1.13. The van der Waals surface area contributed by atoms with E-state index in [1.807, 2.05) is 0 Å². The Balaban J connectivity index is 2.20. The Hall–Kier alpha value is -1.47. The zero-order chi connectivity index (χ0) is 16.1. The zero-order valence-electron chi connectivity index (χ0n) is 12.2. The topological polar surface area (TPSA) is 101 Å². The first kappa shape index (κ1) is 15.4. The zero-order valence-corrected chi connectivity index (χ0v) is 12.9. The van der Waals surface area contributed by atoms with Crippen molar-refractivity contribution in [1.82, 2.24) is 9.55 Å². The van der Waals surface area contributed by atoms with Gasteiger partial charge in [-0.25, -0.2) is 4.98 Å². The number of aliphatic hydroxyl groups excluding tert-OH is 1. The Morgan fingerprint density at radius 3 is 2.82 bits per heavy atom. The van der Waals surface area contributed by atoms with Crippen molar-refractivity contribution in [3.8, 4) is 0 Å². The molecule has 1 heterocycles. The molecule has 3 rings (SSSR count). The SMILES string of the molecule is CC(N)c1nc2cccc(Cl)c2c(=O)n1C1CC(O)(CO)C1. The van der Waals surface area contributed by atoms with Crippen molar-refractivity contribution >= 4 is 22.5 Å². The molecule has 118 valence electrons. The maximum atomic E-state index is 12.8. The summed E-state index contributed by atoms with van der Waals surface area (Å²) in [7, 11) is 0. The van der Waals surface area contributed by atoms with Crippen LogP contribution in [0.2, 0.25) is 5.02 Å². The van der Waals surface area contributed by atoms with E-state index in [1.54, 1.807) is 25.1 Å². The highest BCUT2D eigenvalue weighted by Gasteiger charge is 2.44. The van der Waals surface area contributed by atoms with E-state index in [-0.39, 0.29) is 18.2 Å². The summed E-state index contributed by atoms with van der Waals surface area (Å²) in [6.07, 6.45) is 0.585. The Labute approximate surface area is 132 Å². The number of nitrogens with two attached hydrogens (primary N) is 1. The van der Waals surface area contributed by atoms with E-state index in [0.29, 0.717) is 34.6 Å². The molecule has 1 atom stereocenters. The lowest BCUT2D eigenvalue weighted by Crippen LogP contribution is -2.50. The lowest BCUT2D eigenvalue weighted by Gasteiger charge is -2.43. The minimum atomic E-state index is -1.13.